The molecule has 0 aliphatic heterocycles. The number of H-pyrrole nitrogens is 1. The molecule has 0 aliphatic rings. The number of carbonyl (C=O) groups excluding carboxylic acids is 1. The molecule has 2 heterocycles. The van der Waals surface area contributed by atoms with Gasteiger partial charge in [-0.1, -0.05) is 23.7 Å². The van der Waals surface area contributed by atoms with Crippen molar-refractivity contribution >= 4 is 23.5 Å². The van der Waals surface area contributed by atoms with E-state index in [4.69, 9.17) is 11.6 Å². The molecule has 0 spiro atoms. The second-order valence-corrected chi connectivity index (χ2v) is 7.56. The maximum Gasteiger partial charge on any atom is 0.405 e. The van der Waals surface area contributed by atoms with Gasteiger partial charge in [-0.05, 0) is 43.2 Å². The van der Waals surface area contributed by atoms with Crippen molar-refractivity contribution in [1.82, 2.24) is 20.3 Å². The minimum absolute atomic E-state index is 0.174. The SMILES string of the molecule is Cc1[nH]c(C(=O)N[C@H](CO)c2cccc(Cl)c2)c(C)c1-c1ccnc(NCC(F)(F)F)n1. The molecule has 3 aromatic rings. The highest BCUT2D eigenvalue weighted by molar-refractivity contribution is 6.30. The highest BCUT2D eigenvalue weighted by Crippen LogP contribution is 2.29. The number of carbonyl (C=O) groups is 1. The molecule has 1 atom stereocenters. The summed E-state index contributed by atoms with van der Waals surface area (Å²) in [7, 11) is 0. The fourth-order valence-electron chi connectivity index (χ4n) is 3.31. The molecule has 0 aliphatic carbocycles. The molecular formula is C21H21ClF3N5O2. The van der Waals surface area contributed by atoms with Crippen molar-refractivity contribution < 1.29 is 23.1 Å². The minimum Gasteiger partial charge on any atom is -0.394 e. The van der Waals surface area contributed by atoms with Gasteiger partial charge in [-0.25, -0.2) is 9.97 Å². The standard InChI is InChI=1S/C21H21ClF3N5O2/c1-11-17(15-6-7-26-20(30-15)27-10-21(23,24)25)12(2)28-18(11)19(32)29-16(9-31)13-4-3-5-14(22)8-13/h3-8,16,28,31H,9-10H2,1-2H3,(H,29,32)(H,26,27,30)/t16-/m1/s1. The Bertz CT molecular complexity index is 1120. The quantitative estimate of drug-likeness (QED) is 0.417. The lowest BCUT2D eigenvalue weighted by molar-refractivity contribution is -0.115. The molecule has 0 unspecified atom stereocenters. The monoisotopic (exact) mass is 467 g/mol. The molecule has 11 heteroatoms. The van der Waals surface area contributed by atoms with Crippen molar-refractivity contribution in [2.75, 3.05) is 18.5 Å². The lowest BCUT2D eigenvalue weighted by Crippen LogP contribution is -2.31. The van der Waals surface area contributed by atoms with E-state index in [2.05, 4.69) is 25.6 Å². The van der Waals surface area contributed by atoms with Crippen LogP contribution in [0.25, 0.3) is 11.3 Å². The number of aromatic amines is 1. The first kappa shape index (κ1) is 23.6. The van der Waals surface area contributed by atoms with Gasteiger partial charge in [0.2, 0.25) is 5.95 Å². The van der Waals surface area contributed by atoms with E-state index < -0.39 is 24.7 Å². The first-order chi connectivity index (χ1) is 15.1. The second kappa shape index (κ2) is 9.58. The number of aryl methyl sites for hydroxylation is 1. The molecule has 32 heavy (non-hydrogen) atoms. The number of anilines is 1. The number of rotatable bonds is 7. The van der Waals surface area contributed by atoms with E-state index >= 15 is 0 Å². The van der Waals surface area contributed by atoms with Crippen LogP contribution in [0.5, 0.6) is 0 Å². The van der Waals surface area contributed by atoms with E-state index in [1.165, 1.54) is 6.20 Å². The van der Waals surface area contributed by atoms with Gasteiger partial charge in [0.05, 0.1) is 18.3 Å². The second-order valence-electron chi connectivity index (χ2n) is 7.12. The van der Waals surface area contributed by atoms with E-state index in [1.807, 2.05) is 0 Å². The van der Waals surface area contributed by atoms with Crippen LogP contribution >= 0.6 is 11.6 Å². The molecule has 2 aromatic heterocycles. The number of alkyl halides is 3. The van der Waals surface area contributed by atoms with Crippen LogP contribution in [0.2, 0.25) is 5.02 Å². The predicted molar refractivity (Wildman–Crippen MR) is 115 cm³/mol. The van der Waals surface area contributed by atoms with Crippen LogP contribution in [-0.2, 0) is 0 Å². The van der Waals surface area contributed by atoms with Gasteiger partial charge in [-0.15, -0.1) is 0 Å². The highest BCUT2D eigenvalue weighted by Gasteiger charge is 2.27. The summed E-state index contributed by atoms with van der Waals surface area (Å²) >= 11 is 6.00. The lowest BCUT2D eigenvalue weighted by Gasteiger charge is -2.17. The smallest absolute Gasteiger partial charge is 0.394 e. The zero-order valence-corrected chi connectivity index (χ0v) is 18.0. The van der Waals surface area contributed by atoms with Crippen LogP contribution in [0.3, 0.4) is 0 Å². The summed E-state index contributed by atoms with van der Waals surface area (Å²) in [5.74, 6) is -0.632. The van der Waals surface area contributed by atoms with Crippen molar-refractivity contribution in [3.05, 3.63) is 64.1 Å². The van der Waals surface area contributed by atoms with Gasteiger partial charge in [0, 0.05) is 22.5 Å². The summed E-state index contributed by atoms with van der Waals surface area (Å²) in [5, 5.41) is 15.1. The molecule has 4 N–H and O–H groups in total. The number of hydrogen-bond donors (Lipinski definition) is 4. The molecule has 0 bridgehead atoms. The third-order valence-corrected chi connectivity index (χ3v) is 5.00. The van der Waals surface area contributed by atoms with Crippen molar-refractivity contribution in [2.24, 2.45) is 0 Å². The van der Waals surface area contributed by atoms with Crippen molar-refractivity contribution in [2.45, 2.75) is 26.1 Å². The number of amides is 1. The van der Waals surface area contributed by atoms with E-state index in [0.29, 0.717) is 33.1 Å². The fourth-order valence-corrected chi connectivity index (χ4v) is 3.51. The Kier molecular flexibility index (Phi) is 7.05. The Morgan fingerprint density at radius 2 is 2.03 bits per heavy atom. The van der Waals surface area contributed by atoms with Gasteiger partial charge >= 0.3 is 6.18 Å². The normalized spacial score (nSPS) is 12.5. The predicted octanol–water partition coefficient (Wildman–Crippen LogP) is 4.18. The number of halogens is 4. The fraction of sp³-hybridized carbons (Fsp3) is 0.286. The maximum atomic E-state index is 12.9. The minimum atomic E-state index is -4.41. The molecule has 0 saturated heterocycles. The first-order valence-electron chi connectivity index (χ1n) is 9.59. The van der Waals surface area contributed by atoms with Gasteiger partial charge in [-0.2, -0.15) is 13.2 Å². The Morgan fingerprint density at radius 3 is 2.69 bits per heavy atom. The number of aromatic nitrogens is 3. The molecule has 170 valence electrons. The lowest BCUT2D eigenvalue weighted by atomic mass is 10.1. The summed E-state index contributed by atoms with van der Waals surface area (Å²) in [6, 6.07) is 7.66. The van der Waals surface area contributed by atoms with E-state index in [-0.39, 0.29) is 18.2 Å². The van der Waals surface area contributed by atoms with Gasteiger partial charge in [-0.3, -0.25) is 4.79 Å². The van der Waals surface area contributed by atoms with Crippen LogP contribution in [0, 0.1) is 13.8 Å². The number of aliphatic hydroxyl groups excluding tert-OH is 1. The van der Waals surface area contributed by atoms with Crippen LogP contribution in [0.1, 0.15) is 33.4 Å². The van der Waals surface area contributed by atoms with E-state index in [9.17, 15) is 23.1 Å². The van der Waals surface area contributed by atoms with Crippen molar-refractivity contribution in [3.63, 3.8) is 0 Å². The Balaban J connectivity index is 1.85. The summed E-state index contributed by atoms with van der Waals surface area (Å²) in [5.41, 5.74) is 3.01. The van der Waals surface area contributed by atoms with Crippen molar-refractivity contribution in [3.8, 4) is 11.3 Å². The molecule has 0 fully saturated rings. The third-order valence-electron chi connectivity index (χ3n) is 4.76. The number of benzene rings is 1. The van der Waals surface area contributed by atoms with E-state index in [0.717, 1.165) is 0 Å². The molecule has 0 radical (unpaired) electrons. The van der Waals surface area contributed by atoms with Crippen LogP contribution in [-0.4, -0.2) is 45.3 Å². The number of aliphatic hydroxyl groups is 1. The maximum absolute atomic E-state index is 12.9. The highest BCUT2D eigenvalue weighted by atomic mass is 35.5. The van der Waals surface area contributed by atoms with Gasteiger partial charge in [0.15, 0.2) is 0 Å². The Morgan fingerprint density at radius 1 is 1.28 bits per heavy atom. The molecule has 1 amide bonds. The van der Waals surface area contributed by atoms with E-state index in [1.54, 1.807) is 44.2 Å². The summed E-state index contributed by atoms with van der Waals surface area (Å²) in [6.07, 6.45) is -3.07. The topological polar surface area (TPSA) is 103 Å². The molecule has 3 rings (SSSR count). The van der Waals surface area contributed by atoms with Crippen LogP contribution in [0.15, 0.2) is 36.5 Å². The molecular weight excluding hydrogens is 447 g/mol. The van der Waals surface area contributed by atoms with Crippen molar-refractivity contribution in [1.29, 1.82) is 0 Å². The first-order valence-corrected chi connectivity index (χ1v) is 9.97. The van der Waals surface area contributed by atoms with Gasteiger partial charge in [0.25, 0.3) is 5.91 Å². The molecule has 1 aromatic carbocycles. The molecule has 7 nitrogen and oxygen atoms in total. The Hall–Kier alpha value is -3.11. The van der Waals surface area contributed by atoms with Crippen LogP contribution < -0.4 is 10.6 Å². The summed E-state index contributed by atoms with van der Waals surface area (Å²) in [4.78, 5) is 23.9. The summed E-state index contributed by atoms with van der Waals surface area (Å²) in [6.45, 7) is 1.83. The van der Waals surface area contributed by atoms with Gasteiger partial charge < -0.3 is 20.7 Å². The Labute approximate surface area is 187 Å². The zero-order valence-electron chi connectivity index (χ0n) is 17.2. The third kappa shape index (κ3) is 5.57. The average molecular weight is 468 g/mol. The number of nitrogens with zero attached hydrogens (tertiary/aromatic N) is 2. The molecule has 0 saturated carbocycles. The zero-order chi connectivity index (χ0) is 23.5. The summed E-state index contributed by atoms with van der Waals surface area (Å²) < 4.78 is 37.4. The number of nitrogens with one attached hydrogen (secondary N) is 3. The van der Waals surface area contributed by atoms with Gasteiger partial charge in [0.1, 0.15) is 12.2 Å². The van der Waals surface area contributed by atoms with Crippen LogP contribution in [0.4, 0.5) is 19.1 Å². The average Bonchev–Trinajstić information content (AvgIpc) is 3.04. The number of hydrogen-bond acceptors (Lipinski definition) is 5. The largest absolute Gasteiger partial charge is 0.405 e.